The maximum absolute atomic E-state index is 11.9. The van der Waals surface area contributed by atoms with Gasteiger partial charge in [-0.15, -0.1) is 0 Å². The zero-order chi connectivity index (χ0) is 15.1. The maximum atomic E-state index is 11.9. The molecule has 0 spiro atoms. The molecule has 0 atom stereocenters. The lowest BCUT2D eigenvalue weighted by atomic mass is 10.1. The average molecular weight is 285 g/mol. The summed E-state index contributed by atoms with van der Waals surface area (Å²) in [5, 5.41) is 21.0. The number of phenols is 1. The lowest BCUT2D eigenvalue weighted by molar-refractivity contribution is -0.116. The van der Waals surface area contributed by atoms with Crippen molar-refractivity contribution in [2.75, 3.05) is 11.9 Å². The van der Waals surface area contributed by atoms with Gasteiger partial charge in [-0.2, -0.15) is 0 Å². The van der Waals surface area contributed by atoms with Gasteiger partial charge >= 0.3 is 0 Å². The molecule has 4 heteroatoms. The number of anilines is 1. The third-order valence-corrected chi connectivity index (χ3v) is 3.19. The molecular formula is C17H19NO3. The van der Waals surface area contributed by atoms with Gasteiger partial charge in [0.15, 0.2) is 0 Å². The van der Waals surface area contributed by atoms with Crippen molar-refractivity contribution >= 4 is 11.6 Å². The van der Waals surface area contributed by atoms with Crippen molar-refractivity contribution in [2.45, 2.75) is 19.3 Å². The van der Waals surface area contributed by atoms with Crippen molar-refractivity contribution in [1.29, 1.82) is 0 Å². The highest BCUT2D eigenvalue weighted by molar-refractivity contribution is 5.90. The second-order valence-electron chi connectivity index (χ2n) is 4.89. The van der Waals surface area contributed by atoms with E-state index in [2.05, 4.69) is 5.32 Å². The smallest absolute Gasteiger partial charge is 0.224 e. The molecule has 0 aliphatic heterocycles. The Hall–Kier alpha value is -2.33. The Morgan fingerprint density at radius 3 is 2.43 bits per heavy atom. The normalized spacial score (nSPS) is 10.3. The van der Waals surface area contributed by atoms with Crippen molar-refractivity contribution in [3.63, 3.8) is 0 Å². The first kappa shape index (κ1) is 15.1. The number of phenolic OH excluding ortho intramolecular Hbond substituents is 1. The molecule has 0 aromatic heterocycles. The van der Waals surface area contributed by atoms with E-state index < -0.39 is 0 Å². The van der Waals surface area contributed by atoms with Crippen LogP contribution in [0.25, 0.3) is 0 Å². The van der Waals surface area contributed by atoms with E-state index in [1.165, 1.54) is 0 Å². The molecule has 0 bridgehead atoms. The minimum atomic E-state index is -0.0618. The quantitative estimate of drug-likeness (QED) is 0.763. The van der Waals surface area contributed by atoms with E-state index in [0.29, 0.717) is 19.3 Å². The number of benzene rings is 2. The van der Waals surface area contributed by atoms with Gasteiger partial charge < -0.3 is 15.5 Å². The fourth-order valence-corrected chi connectivity index (χ4v) is 2.08. The van der Waals surface area contributed by atoms with Gasteiger partial charge in [0.05, 0.1) is 0 Å². The van der Waals surface area contributed by atoms with E-state index in [1.54, 1.807) is 18.2 Å². The fourth-order valence-electron chi connectivity index (χ4n) is 2.08. The van der Waals surface area contributed by atoms with Crippen molar-refractivity contribution in [3.05, 3.63) is 59.7 Å². The SMILES string of the molecule is O=C(CCc1cccc(O)c1)Nc1ccc(CCO)cc1. The Morgan fingerprint density at radius 1 is 1.00 bits per heavy atom. The van der Waals surface area contributed by atoms with Crippen LogP contribution in [0.15, 0.2) is 48.5 Å². The van der Waals surface area contributed by atoms with Gasteiger partial charge in [-0.3, -0.25) is 4.79 Å². The molecule has 2 aromatic rings. The van der Waals surface area contributed by atoms with Gasteiger partial charge in [-0.05, 0) is 48.2 Å². The summed E-state index contributed by atoms with van der Waals surface area (Å²) in [5.74, 6) is 0.153. The van der Waals surface area contributed by atoms with E-state index in [9.17, 15) is 9.90 Å². The number of aryl methyl sites for hydroxylation is 1. The summed E-state index contributed by atoms with van der Waals surface area (Å²) in [4.78, 5) is 11.9. The molecule has 1 amide bonds. The highest BCUT2D eigenvalue weighted by Crippen LogP contribution is 2.14. The highest BCUT2D eigenvalue weighted by Gasteiger charge is 2.04. The first-order chi connectivity index (χ1) is 10.2. The summed E-state index contributed by atoms with van der Waals surface area (Å²) in [6.07, 6.45) is 1.57. The summed E-state index contributed by atoms with van der Waals surface area (Å²) in [7, 11) is 0. The van der Waals surface area contributed by atoms with E-state index in [1.807, 2.05) is 30.3 Å². The Morgan fingerprint density at radius 2 is 1.76 bits per heavy atom. The standard InChI is InChI=1S/C17H19NO3/c19-11-10-13-4-7-15(8-5-13)18-17(21)9-6-14-2-1-3-16(20)12-14/h1-5,7-8,12,19-20H,6,9-11H2,(H,18,21). The number of aliphatic hydroxyl groups is 1. The predicted octanol–water partition coefficient (Wildman–Crippen LogP) is 2.50. The molecular weight excluding hydrogens is 266 g/mol. The second kappa shape index (κ2) is 7.45. The van der Waals surface area contributed by atoms with Gasteiger partial charge in [0.2, 0.25) is 5.91 Å². The van der Waals surface area contributed by atoms with Crippen molar-refractivity contribution in [3.8, 4) is 5.75 Å². The first-order valence-electron chi connectivity index (χ1n) is 6.95. The molecule has 0 fully saturated rings. The van der Waals surface area contributed by atoms with Crippen molar-refractivity contribution in [1.82, 2.24) is 0 Å². The second-order valence-corrected chi connectivity index (χ2v) is 4.89. The maximum Gasteiger partial charge on any atom is 0.224 e. The lowest BCUT2D eigenvalue weighted by Crippen LogP contribution is -2.12. The number of carbonyl (C=O) groups is 1. The average Bonchev–Trinajstić information content (AvgIpc) is 2.48. The third-order valence-electron chi connectivity index (χ3n) is 3.19. The number of aliphatic hydroxyl groups excluding tert-OH is 1. The minimum absolute atomic E-state index is 0.0618. The topological polar surface area (TPSA) is 69.6 Å². The van der Waals surface area contributed by atoms with Crippen LogP contribution >= 0.6 is 0 Å². The molecule has 0 heterocycles. The van der Waals surface area contributed by atoms with Gasteiger partial charge in [-0.25, -0.2) is 0 Å². The van der Waals surface area contributed by atoms with Crippen LogP contribution in [0, 0.1) is 0 Å². The van der Waals surface area contributed by atoms with Gasteiger partial charge in [0, 0.05) is 18.7 Å². The Balaban J connectivity index is 1.84. The zero-order valence-corrected chi connectivity index (χ0v) is 11.7. The van der Waals surface area contributed by atoms with Crippen LogP contribution < -0.4 is 5.32 Å². The van der Waals surface area contributed by atoms with Crippen LogP contribution in [0.2, 0.25) is 0 Å². The van der Waals surface area contributed by atoms with Crippen molar-refractivity contribution in [2.24, 2.45) is 0 Å². The number of hydrogen-bond acceptors (Lipinski definition) is 3. The predicted molar refractivity (Wildman–Crippen MR) is 82.3 cm³/mol. The Bertz CT molecular complexity index is 593. The zero-order valence-electron chi connectivity index (χ0n) is 11.7. The summed E-state index contributed by atoms with van der Waals surface area (Å²) in [6.45, 7) is 0.121. The fraction of sp³-hybridized carbons (Fsp3) is 0.235. The third kappa shape index (κ3) is 4.93. The highest BCUT2D eigenvalue weighted by atomic mass is 16.3. The van der Waals surface area contributed by atoms with E-state index in [4.69, 9.17) is 5.11 Å². The number of hydrogen-bond donors (Lipinski definition) is 3. The molecule has 3 N–H and O–H groups in total. The van der Waals surface area contributed by atoms with Crippen molar-refractivity contribution < 1.29 is 15.0 Å². The summed E-state index contributed by atoms with van der Waals surface area (Å²) in [5.41, 5.74) is 2.72. The van der Waals surface area contributed by atoms with Gasteiger partial charge in [0.1, 0.15) is 5.75 Å². The molecule has 21 heavy (non-hydrogen) atoms. The molecule has 0 aliphatic rings. The molecule has 0 aliphatic carbocycles. The number of nitrogens with one attached hydrogen (secondary N) is 1. The van der Waals surface area contributed by atoms with Crippen LogP contribution in [-0.4, -0.2) is 22.7 Å². The lowest BCUT2D eigenvalue weighted by Gasteiger charge is -2.06. The van der Waals surface area contributed by atoms with Crippen LogP contribution in [0.3, 0.4) is 0 Å². The molecule has 0 saturated carbocycles. The number of rotatable bonds is 6. The molecule has 4 nitrogen and oxygen atoms in total. The van der Waals surface area contributed by atoms with E-state index in [0.717, 1.165) is 16.8 Å². The molecule has 110 valence electrons. The van der Waals surface area contributed by atoms with Gasteiger partial charge in [0.25, 0.3) is 0 Å². The number of carbonyl (C=O) groups excluding carboxylic acids is 1. The van der Waals surface area contributed by atoms with Crippen LogP contribution in [0.1, 0.15) is 17.5 Å². The molecule has 2 aromatic carbocycles. The summed E-state index contributed by atoms with van der Waals surface area (Å²) >= 11 is 0. The minimum Gasteiger partial charge on any atom is -0.508 e. The molecule has 2 rings (SSSR count). The number of amides is 1. The number of aromatic hydroxyl groups is 1. The summed E-state index contributed by atoms with van der Waals surface area (Å²) in [6, 6.07) is 14.4. The van der Waals surface area contributed by atoms with E-state index >= 15 is 0 Å². The Labute approximate surface area is 124 Å². The first-order valence-corrected chi connectivity index (χ1v) is 6.95. The Kier molecular flexibility index (Phi) is 5.35. The molecule has 0 radical (unpaired) electrons. The van der Waals surface area contributed by atoms with E-state index in [-0.39, 0.29) is 18.3 Å². The summed E-state index contributed by atoms with van der Waals surface area (Å²) < 4.78 is 0. The van der Waals surface area contributed by atoms with Crippen LogP contribution in [-0.2, 0) is 17.6 Å². The van der Waals surface area contributed by atoms with Gasteiger partial charge in [-0.1, -0.05) is 24.3 Å². The van der Waals surface area contributed by atoms with Crippen LogP contribution in [0.5, 0.6) is 5.75 Å². The largest absolute Gasteiger partial charge is 0.508 e. The monoisotopic (exact) mass is 285 g/mol. The molecule has 0 saturated heterocycles. The van der Waals surface area contributed by atoms with Crippen LogP contribution in [0.4, 0.5) is 5.69 Å². The molecule has 0 unspecified atom stereocenters.